The molecule has 1 aliphatic heterocycles. The number of hydrogen-bond acceptors (Lipinski definition) is 3. The maximum absolute atomic E-state index is 12.1. The Morgan fingerprint density at radius 3 is 2.28 bits per heavy atom. The van der Waals surface area contributed by atoms with Crippen molar-refractivity contribution in [1.82, 2.24) is 10.6 Å². The predicted octanol–water partition coefficient (Wildman–Crippen LogP) is 0.853. The fourth-order valence-corrected chi connectivity index (χ4v) is 2.51. The molecule has 2 N–H and O–H groups in total. The molecule has 90 valence electrons. The molecular weight excluding hydrogens is 259 g/mol. The molecule has 0 saturated carbocycles. The minimum atomic E-state index is -0.940. The van der Waals surface area contributed by atoms with Crippen LogP contribution >= 0.6 is 12.2 Å². The van der Waals surface area contributed by atoms with Gasteiger partial charge < -0.3 is 5.32 Å². The van der Waals surface area contributed by atoms with Crippen LogP contribution < -0.4 is 10.6 Å². The second-order valence-corrected chi connectivity index (χ2v) is 4.27. The summed E-state index contributed by atoms with van der Waals surface area (Å²) in [6.07, 6.45) is 0.502. The molecule has 0 aromatic heterocycles. The van der Waals surface area contributed by atoms with E-state index in [0.29, 0.717) is 6.42 Å². The van der Waals surface area contributed by atoms with Crippen LogP contribution in [0, 0.1) is 0 Å². The van der Waals surface area contributed by atoms with Crippen molar-refractivity contribution < 1.29 is 9.59 Å². The monoisotopic (exact) mass is 272 g/mol. The van der Waals surface area contributed by atoms with Gasteiger partial charge in [0.15, 0.2) is 0 Å². The van der Waals surface area contributed by atoms with E-state index in [1.54, 1.807) is 0 Å². The van der Waals surface area contributed by atoms with E-state index in [9.17, 15) is 9.59 Å². The van der Waals surface area contributed by atoms with Crippen molar-refractivity contribution in [3.8, 4) is 0 Å². The first-order chi connectivity index (χ1) is 8.11. The van der Waals surface area contributed by atoms with E-state index in [1.807, 2.05) is 37.3 Å². The third kappa shape index (κ3) is 2.36. The summed E-state index contributed by atoms with van der Waals surface area (Å²) in [7, 11) is 0. The predicted molar refractivity (Wildman–Crippen MR) is 74.8 cm³/mol. The van der Waals surface area contributed by atoms with Crippen LogP contribution in [0.15, 0.2) is 30.3 Å². The summed E-state index contributed by atoms with van der Waals surface area (Å²) < 4.78 is 0. The Kier molecular flexibility index (Phi) is 5.04. The number of thiocarbonyl (C=S) groups is 1. The number of imide groups is 1. The Bertz CT molecular complexity index is 470. The Morgan fingerprint density at radius 2 is 1.78 bits per heavy atom. The van der Waals surface area contributed by atoms with Gasteiger partial charge in [-0.3, -0.25) is 10.1 Å². The van der Waals surface area contributed by atoms with E-state index in [2.05, 4.69) is 10.6 Å². The number of benzene rings is 1. The zero-order valence-corrected chi connectivity index (χ0v) is 10.1. The molecule has 1 saturated heterocycles. The summed E-state index contributed by atoms with van der Waals surface area (Å²) in [5.74, 6) is -0.361. The van der Waals surface area contributed by atoms with Crippen LogP contribution in [0.5, 0.6) is 0 Å². The average Bonchev–Trinajstić information content (AvgIpc) is 2.30. The molecule has 3 amide bonds. The molecule has 0 aliphatic carbocycles. The number of carbonyl (C=O) groups excluding carboxylic acids is 2. The number of carbonyl (C=O) groups is 2. The molecule has 1 fully saturated rings. The van der Waals surface area contributed by atoms with Crippen molar-refractivity contribution >= 4 is 58.7 Å². The van der Waals surface area contributed by atoms with Crippen LogP contribution in [-0.2, 0) is 10.2 Å². The number of amides is 3. The normalized spacial score (nSPS) is 22.8. The molecule has 18 heavy (non-hydrogen) atoms. The van der Waals surface area contributed by atoms with Gasteiger partial charge in [0.1, 0.15) is 10.4 Å². The van der Waals surface area contributed by atoms with Gasteiger partial charge >= 0.3 is 35.6 Å². The van der Waals surface area contributed by atoms with Gasteiger partial charge in [0, 0.05) is 0 Å². The fourth-order valence-electron chi connectivity index (χ4n) is 2.06. The molecule has 0 unspecified atom stereocenters. The first-order valence-electron chi connectivity index (χ1n) is 5.33. The maximum atomic E-state index is 12.1. The van der Waals surface area contributed by atoms with E-state index < -0.39 is 11.4 Å². The molecule has 1 heterocycles. The van der Waals surface area contributed by atoms with E-state index >= 15 is 0 Å². The second kappa shape index (κ2) is 5.93. The Labute approximate surface area is 133 Å². The topological polar surface area (TPSA) is 58.2 Å². The second-order valence-electron chi connectivity index (χ2n) is 3.86. The molecule has 1 aliphatic rings. The zero-order valence-electron chi connectivity index (χ0n) is 9.32. The van der Waals surface area contributed by atoms with Crippen molar-refractivity contribution in [1.29, 1.82) is 0 Å². The van der Waals surface area contributed by atoms with Crippen molar-refractivity contribution in [2.75, 3.05) is 0 Å². The van der Waals surface area contributed by atoms with Crippen molar-refractivity contribution in [2.24, 2.45) is 0 Å². The van der Waals surface area contributed by atoms with Crippen LogP contribution in [-0.4, -0.2) is 46.5 Å². The number of urea groups is 1. The summed E-state index contributed by atoms with van der Waals surface area (Å²) in [4.78, 5) is 23.6. The van der Waals surface area contributed by atoms with Crippen molar-refractivity contribution in [3.05, 3.63) is 35.9 Å². The average molecular weight is 272 g/mol. The van der Waals surface area contributed by atoms with Crippen LogP contribution in [0.1, 0.15) is 18.9 Å². The van der Waals surface area contributed by atoms with E-state index in [-0.39, 0.29) is 40.5 Å². The molecule has 0 bridgehead atoms. The van der Waals surface area contributed by atoms with E-state index in [4.69, 9.17) is 12.2 Å². The molecular formula is C12H13N2NaO2S. The molecule has 1 aromatic rings. The molecule has 2 rings (SSSR count). The van der Waals surface area contributed by atoms with Gasteiger partial charge in [-0.15, -0.1) is 0 Å². The van der Waals surface area contributed by atoms with Crippen LogP contribution in [0.2, 0.25) is 0 Å². The quantitative estimate of drug-likeness (QED) is 0.620. The van der Waals surface area contributed by atoms with E-state index in [1.165, 1.54) is 0 Å². The van der Waals surface area contributed by atoms with Crippen LogP contribution in [0.3, 0.4) is 0 Å². The summed E-state index contributed by atoms with van der Waals surface area (Å²) in [6.45, 7) is 1.87. The number of rotatable bonds is 2. The minimum absolute atomic E-state index is 0. The Morgan fingerprint density at radius 1 is 1.17 bits per heavy atom. The summed E-state index contributed by atoms with van der Waals surface area (Å²) in [6, 6.07) is 8.69. The van der Waals surface area contributed by atoms with Crippen LogP contribution in [0.4, 0.5) is 4.79 Å². The summed E-state index contributed by atoms with van der Waals surface area (Å²) >= 11 is 5.18. The third-order valence-corrected chi connectivity index (χ3v) is 3.48. The van der Waals surface area contributed by atoms with Gasteiger partial charge in [-0.05, 0) is 12.0 Å². The van der Waals surface area contributed by atoms with Gasteiger partial charge in [-0.1, -0.05) is 49.5 Å². The zero-order chi connectivity index (χ0) is 12.5. The third-order valence-electron chi connectivity index (χ3n) is 3.03. The number of hydrogen-bond donors (Lipinski definition) is 2. The molecule has 1 atom stereocenters. The van der Waals surface area contributed by atoms with Gasteiger partial charge in [0.2, 0.25) is 5.91 Å². The van der Waals surface area contributed by atoms with Gasteiger partial charge in [0.05, 0.1) is 0 Å². The van der Waals surface area contributed by atoms with Gasteiger partial charge in [-0.25, -0.2) is 4.79 Å². The fraction of sp³-hybridized carbons (Fsp3) is 0.250. The number of nitrogens with one attached hydrogen (secondary N) is 2. The van der Waals surface area contributed by atoms with Gasteiger partial charge in [0.25, 0.3) is 0 Å². The van der Waals surface area contributed by atoms with E-state index in [0.717, 1.165) is 5.56 Å². The molecule has 1 aromatic carbocycles. The summed E-state index contributed by atoms with van der Waals surface area (Å²) in [5.41, 5.74) is -0.144. The summed E-state index contributed by atoms with van der Waals surface area (Å²) in [5, 5.41) is 4.78. The molecule has 4 nitrogen and oxygen atoms in total. The van der Waals surface area contributed by atoms with Crippen LogP contribution in [0.25, 0.3) is 0 Å². The molecule has 0 spiro atoms. The molecule has 6 heteroatoms. The Balaban J connectivity index is 0.00000162. The SMILES string of the molecule is CC[C@@]1(c2ccccc2)C(=O)NC(=O)NC1=S.[NaH]. The van der Waals surface area contributed by atoms with Crippen molar-refractivity contribution in [3.63, 3.8) is 0 Å². The first-order valence-corrected chi connectivity index (χ1v) is 5.74. The van der Waals surface area contributed by atoms with Gasteiger partial charge in [-0.2, -0.15) is 0 Å². The Hall–Kier alpha value is -0.750. The standard InChI is InChI=1S/C12H12N2O2S.Na.H/c1-2-12(8-6-4-3-5-7-8)9(15)13-11(16)14-10(12)17;;/h3-7H,2H2,1H3,(H2,13,14,15,16,17);;/t12-;;/m1../s1. The molecule has 0 radical (unpaired) electrons. The first kappa shape index (κ1) is 15.3. The van der Waals surface area contributed by atoms with Crippen molar-refractivity contribution in [2.45, 2.75) is 18.8 Å².